The number of aromatic nitrogens is 1. The molecule has 1 aliphatic rings. The fraction of sp³-hybridized carbons (Fsp3) is 0.400. The number of nitrogens with zero attached hydrogens (tertiary/aromatic N) is 2. The van der Waals surface area contributed by atoms with Crippen molar-refractivity contribution in [3.8, 4) is 0 Å². The fourth-order valence-corrected chi connectivity index (χ4v) is 6.04. The van der Waals surface area contributed by atoms with E-state index in [-0.39, 0.29) is 0 Å². The van der Waals surface area contributed by atoms with E-state index in [2.05, 4.69) is 92.7 Å². The van der Waals surface area contributed by atoms with Crippen LogP contribution < -0.4 is 10.6 Å². The van der Waals surface area contributed by atoms with Crippen LogP contribution in [0.25, 0.3) is 10.9 Å². The van der Waals surface area contributed by atoms with E-state index < -0.39 is 0 Å². The van der Waals surface area contributed by atoms with E-state index in [1.165, 1.54) is 49.7 Å². The Hall–Kier alpha value is -1.16. The van der Waals surface area contributed by atoms with Gasteiger partial charge in [-0.1, -0.05) is 19.4 Å². The molecule has 1 aromatic heterocycles. The Morgan fingerprint density at radius 2 is 2.06 bits per heavy atom. The summed E-state index contributed by atoms with van der Waals surface area (Å²) < 4.78 is 2.12. The van der Waals surface area contributed by atoms with Crippen LogP contribution in [-0.2, 0) is 0 Å². The number of hydrogen-bond donors (Lipinski definition) is 2. The quantitative estimate of drug-likeness (QED) is 0.223. The Bertz CT molecular complexity index is 1110. The molecule has 1 atom stereocenters. The van der Waals surface area contributed by atoms with Gasteiger partial charge in [-0.15, -0.1) is 0 Å². The maximum atomic E-state index is 6.21. The highest BCUT2D eigenvalue weighted by Gasteiger charge is 2.26. The summed E-state index contributed by atoms with van der Waals surface area (Å²) in [6, 6.07) is 13.3. The van der Waals surface area contributed by atoms with E-state index >= 15 is 0 Å². The second kappa shape index (κ2) is 10.4. The van der Waals surface area contributed by atoms with E-state index in [9.17, 15) is 0 Å². The minimum absolute atomic E-state index is 0.336. The number of nitrogens with two attached hydrogens (primary N) is 1. The first-order valence-electron chi connectivity index (χ1n) is 11.3. The maximum Gasteiger partial charge on any atom is 0.175 e. The van der Waals surface area contributed by atoms with Gasteiger partial charge in [-0.05, 0) is 132 Å². The number of likely N-dealkylation sites (tertiary alicyclic amines) is 1. The van der Waals surface area contributed by atoms with Crippen LogP contribution in [-0.4, -0.2) is 34.1 Å². The summed E-state index contributed by atoms with van der Waals surface area (Å²) in [7, 11) is 0. The molecule has 0 amide bonds. The number of anilines is 2. The fourth-order valence-electron chi connectivity index (χ4n) is 4.91. The number of piperidine rings is 1. The molecule has 1 saturated heterocycles. The maximum absolute atomic E-state index is 6.21. The predicted molar refractivity (Wildman–Crippen MR) is 152 cm³/mol. The molecule has 4 rings (SSSR count). The average molecular weight is 625 g/mol. The van der Waals surface area contributed by atoms with Crippen molar-refractivity contribution in [2.45, 2.75) is 51.5 Å². The second-order valence-corrected chi connectivity index (χ2v) is 11.0. The van der Waals surface area contributed by atoms with Crippen molar-refractivity contribution in [3.63, 3.8) is 0 Å². The van der Waals surface area contributed by atoms with Gasteiger partial charge in [0.2, 0.25) is 0 Å². The molecule has 1 unspecified atom stereocenters. The van der Waals surface area contributed by atoms with E-state index in [1.807, 2.05) is 17.0 Å². The third-order valence-corrected chi connectivity index (χ3v) is 9.30. The summed E-state index contributed by atoms with van der Waals surface area (Å²) in [5.74, 6) is 0.576. The third kappa shape index (κ3) is 4.86. The standard InChI is InChI=1S/C25H30BrIN4S/c1-3-5-16(2)30-12-10-17(11-13-30)20-15-29-22-9-8-18(14-19(20)22)31(25(28)32)23-7-4-6-21(27)24(23)26/h4,6-9,14-17,29H,3,5,10-13H2,1-2H3,(H2,28,32). The van der Waals surface area contributed by atoms with Gasteiger partial charge in [0.15, 0.2) is 5.11 Å². The van der Waals surface area contributed by atoms with Crippen LogP contribution in [0.3, 0.4) is 0 Å². The topological polar surface area (TPSA) is 48.3 Å². The van der Waals surface area contributed by atoms with Crippen LogP contribution in [0, 0.1) is 3.57 Å². The van der Waals surface area contributed by atoms with Crippen molar-refractivity contribution >= 4 is 78.1 Å². The van der Waals surface area contributed by atoms with Crippen molar-refractivity contribution in [2.75, 3.05) is 18.0 Å². The Balaban J connectivity index is 1.64. The summed E-state index contributed by atoms with van der Waals surface area (Å²) >= 11 is 11.5. The van der Waals surface area contributed by atoms with Gasteiger partial charge < -0.3 is 15.6 Å². The first-order chi connectivity index (χ1) is 15.4. The van der Waals surface area contributed by atoms with Gasteiger partial charge in [0.05, 0.1) is 10.2 Å². The Kier molecular flexibility index (Phi) is 7.80. The average Bonchev–Trinajstić information content (AvgIpc) is 3.20. The molecule has 0 bridgehead atoms. The van der Waals surface area contributed by atoms with Crippen LogP contribution in [0.4, 0.5) is 11.4 Å². The van der Waals surface area contributed by atoms with E-state index in [0.717, 1.165) is 24.9 Å². The van der Waals surface area contributed by atoms with Crippen molar-refractivity contribution in [2.24, 2.45) is 5.73 Å². The van der Waals surface area contributed by atoms with Crippen molar-refractivity contribution in [1.29, 1.82) is 0 Å². The molecule has 7 heteroatoms. The monoisotopic (exact) mass is 624 g/mol. The van der Waals surface area contributed by atoms with Crippen molar-refractivity contribution in [1.82, 2.24) is 9.88 Å². The van der Waals surface area contributed by atoms with Crippen molar-refractivity contribution in [3.05, 3.63) is 56.2 Å². The lowest BCUT2D eigenvalue weighted by atomic mass is 9.88. The molecule has 0 spiro atoms. The minimum Gasteiger partial charge on any atom is -0.376 e. The zero-order valence-electron chi connectivity index (χ0n) is 18.6. The molecule has 2 heterocycles. The predicted octanol–water partition coefficient (Wildman–Crippen LogP) is 7.28. The van der Waals surface area contributed by atoms with Gasteiger partial charge in [-0.3, -0.25) is 4.90 Å². The molecule has 3 N–H and O–H groups in total. The molecule has 1 fully saturated rings. The summed E-state index contributed by atoms with van der Waals surface area (Å²) in [5, 5.41) is 1.60. The summed E-state index contributed by atoms with van der Waals surface area (Å²) in [5.41, 5.74) is 10.7. The largest absolute Gasteiger partial charge is 0.376 e. The molecular weight excluding hydrogens is 595 g/mol. The Labute approximate surface area is 218 Å². The van der Waals surface area contributed by atoms with E-state index in [1.54, 1.807) is 0 Å². The summed E-state index contributed by atoms with van der Waals surface area (Å²) in [6.07, 6.45) is 7.14. The minimum atomic E-state index is 0.336. The number of hydrogen-bond acceptors (Lipinski definition) is 2. The third-order valence-electron chi connectivity index (χ3n) is 6.65. The Morgan fingerprint density at radius 1 is 1.31 bits per heavy atom. The lowest BCUT2D eigenvalue weighted by Gasteiger charge is -2.36. The molecule has 32 heavy (non-hydrogen) atoms. The smallest absolute Gasteiger partial charge is 0.175 e. The number of H-pyrrole nitrogens is 1. The van der Waals surface area contributed by atoms with E-state index in [0.29, 0.717) is 17.1 Å². The lowest BCUT2D eigenvalue weighted by molar-refractivity contribution is 0.155. The first-order valence-corrected chi connectivity index (χ1v) is 13.6. The zero-order chi connectivity index (χ0) is 22.8. The highest BCUT2D eigenvalue weighted by molar-refractivity contribution is 14.1. The van der Waals surface area contributed by atoms with Crippen LogP contribution in [0.15, 0.2) is 47.1 Å². The van der Waals surface area contributed by atoms with Crippen LogP contribution >= 0.6 is 50.7 Å². The molecule has 3 aromatic rings. The number of rotatable bonds is 6. The van der Waals surface area contributed by atoms with Crippen LogP contribution in [0.5, 0.6) is 0 Å². The number of thiocarbonyl (C=S) groups is 1. The molecule has 0 aliphatic carbocycles. The van der Waals surface area contributed by atoms with E-state index in [4.69, 9.17) is 18.0 Å². The zero-order valence-corrected chi connectivity index (χ0v) is 23.1. The molecule has 0 radical (unpaired) electrons. The number of halogens is 2. The number of benzene rings is 2. The first kappa shape index (κ1) is 24.0. The lowest BCUT2D eigenvalue weighted by Crippen LogP contribution is -2.39. The summed E-state index contributed by atoms with van der Waals surface area (Å²) in [6.45, 7) is 6.99. The molecule has 1 aliphatic heterocycles. The molecule has 170 valence electrons. The van der Waals surface area contributed by atoms with Crippen molar-refractivity contribution < 1.29 is 0 Å². The summed E-state index contributed by atoms with van der Waals surface area (Å²) in [4.78, 5) is 8.10. The normalized spacial score (nSPS) is 16.4. The highest BCUT2D eigenvalue weighted by atomic mass is 127. The van der Waals surface area contributed by atoms with Crippen LogP contribution in [0.1, 0.15) is 51.0 Å². The van der Waals surface area contributed by atoms with Gasteiger partial charge in [-0.25, -0.2) is 0 Å². The SMILES string of the molecule is CCCC(C)N1CCC(c2c[nH]c3ccc(N(C(N)=S)c4cccc(I)c4Br)cc23)CC1. The van der Waals surface area contributed by atoms with Gasteiger partial charge in [0.1, 0.15) is 0 Å². The molecule has 2 aromatic carbocycles. The van der Waals surface area contributed by atoms with Gasteiger partial charge in [0, 0.05) is 32.4 Å². The van der Waals surface area contributed by atoms with Crippen LogP contribution in [0.2, 0.25) is 0 Å². The van der Waals surface area contributed by atoms with Gasteiger partial charge in [-0.2, -0.15) is 0 Å². The second-order valence-electron chi connectivity index (χ2n) is 8.67. The number of fused-ring (bicyclic) bond motifs is 1. The highest BCUT2D eigenvalue weighted by Crippen LogP contribution is 2.39. The Morgan fingerprint density at radius 3 is 2.75 bits per heavy atom. The number of nitrogens with one attached hydrogen (secondary N) is 1. The number of aromatic amines is 1. The van der Waals surface area contributed by atoms with Gasteiger partial charge in [0.25, 0.3) is 0 Å². The molecule has 0 saturated carbocycles. The van der Waals surface area contributed by atoms with Gasteiger partial charge >= 0.3 is 0 Å². The molecular formula is C25H30BrIN4S. The molecule has 4 nitrogen and oxygen atoms in total.